The predicted octanol–water partition coefficient (Wildman–Crippen LogP) is 5.14. The number of ether oxygens (including phenoxy) is 1. The minimum Gasteiger partial charge on any atom is -0.469 e. The average molecular weight is 572 g/mol. The Balaban J connectivity index is 1.29. The highest BCUT2D eigenvalue weighted by molar-refractivity contribution is 6.38. The molecule has 1 heterocycles. The highest BCUT2D eigenvalue weighted by atomic mass is 35.5. The van der Waals surface area contributed by atoms with E-state index in [0.717, 1.165) is 18.4 Å². The van der Waals surface area contributed by atoms with E-state index < -0.39 is 28.3 Å². The molecular formula is C30H32Cl2N2O5. The Morgan fingerprint density at radius 3 is 2.77 bits per heavy atom. The van der Waals surface area contributed by atoms with Crippen LogP contribution in [0, 0.1) is 34.5 Å². The summed E-state index contributed by atoms with van der Waals surface area (Å²) in [6.07, 6.45) is 8.41. The van der Waals surface area contributed by atoms with E-state index in [2.05, 4.69) is 16.9 Å². The number of halogens is 2. The SMILES string of the molecule is C[C@@H]1CC2C3CCC4=CC(=O)C=CC4(C)C3C(O)CC2(C)[C@@]1(O)C(=O)COc1ncnc2c(Cl)cc(Cl)cc12. The molecular weight excluding hydrogens is 539 g/mol. The van der Waals surface area contributed by atoms with Gasteiger partial charge in [0.25, 0.3) is 0 Å². The van der Waals surface area contributed by atoms with Gasteiger partial charge < -0.3 is 14.9 Å². The molecule has 4 aliphatic carbocycles. The molecule has 0 spiro atoms. The van der Waals surface area contributed by atoms with Crippen LogP contribution in [-0.2, 0) is 9.59 Å². The second-order valence-electron chi connectivity index (χ2n) is 12.3. The second-order valence-corrected chi connectivity index (χ2v) is 13.1. The largest absolute Gasteiger partial charge is 0.469 e. The molecule has 6 unspecified atom stereocenters. The number of rotatable bonds is 4. The van der Waals surface area contributed by atoms with Gasteiger partial charge in [-0.15, -0.1) is 0 Å². The number of carbonyl (C=O) groups is 2. The van der Waals surface area contributed by atoms with E-state index in [-0.39, 0.29) is 48.4 Å². The Labute approximate surface area is 237 Å². The fourth-order valence-corrected chi connectivity index (χ4v) is 9.22. The molecule has 206 valence electrons. The molecule has 3 fully saturated rings. The Hall–Kier alpha value is -2.32. The first-order valence-electron chi connectivity index (χ1n) is 13.5. The van der Waals surface area contributed by atoms with Gasteiger partial charge in [0, 0.05) is 21.8 Å². The van der Waals surface area contributed by atoms with Gasteiger partial charge in [0.05, 0.1) is 22.0 Å². The van der Waals surface area contributed by atoms with Crippen molar-refractivity contribution in [1.29, 1.82) is 0 Å². The van der Waals surface area contributed by atoms with Gasteiger partial charge in [0.2, 0.25) is 11.7 Å². The minimum atomic E-state index is -1.68. The van der Waals surface area contributed by atoms with Gasteiger partial charge in [-0.25, -0.2) is 9.97 Å². The van der Waals surface area contributed by atoms with E-state index in [1.807, 2.05) is 19.9 Å². The van der Waals surface area contributed by atoms with Crippen molar-refractivity contribution in [3.8, 4) is 5.88 Å². The van der Waals surface area contributed by atoms with Crippen LogP contribution in [0.2, 0.25) is 10.0 Å². The van der Waals surface area contributed by atoms with Crippen molar-refractivity contribution in [2.24, 2.45) is 34.5 Å². The molecule has 0 radical (unpaired) electrons. The second kappa shape index (κ2) is 9.10. The lowest BCUT2D eigenvalue weighted by molar-refractivity contribution is -0.183. The van der Waals surface area contributed by atoms with E-state index in [0.29, 0.717) is 27.4 Å². The first-order valence-corrected chi connectivity index (χ1v) is 14.3. The molecule has 8 atom stereocenters. The molecule has 0 bridgehead atoms. The highest BCUT2D eigenvalue weighted by Crippen LogP contribution is 2.68. The van der Waals surface area contributed by atoms with Gasteiger partial charge >= 0.3 is 0 Å². The van der Waals surface area contributed by atoms with Crippen LogP contribution in [0.1, 0.15) is 46.5 Å². The van der Waals surface area contributed by atoms with Crippen molar-refractivity contribution in [3.05, 3.63) is 52.3 Å². The average Bonchev–Trinajstić information content (AvgIpc) is 3.08. The summed E-state index contributed by atoms with van der Waals surface area (Å²) in [7, 11) is 0. The molecule has 6 rings (SSSR count). The third-order valence-corrected chi connectivity index (χ3v) is 11.0. The van der Waals surface area contributed by atoms with Gasteiger partial charge in [-0.05, 0) is 67.7 Å². The van der Waals surface area contributed by atoms with E-state index in [1.165, 1.54) is 6.33 Å². The quantitative estimate of drug-likeness (QED) is 0.523. The number of aliphatic hydroxyl groups excluding tert-OH is 1. The first kappa shape index (κ1) is 26.9. The van der Waals surface area contributed by atoms with Crippen LogP contribution in [0.15, 0.2) is 42.3 Å². The van der Waals surface area contributed by atoms with Crippen molar-refractivity contribution >= 4 is 45.7 Å². The van der Waals surface area contributed by atoms with Crippen LogP contribution in [0.25, 0.3) is 10.9 Å². The summed E-state index contributed by atoms with van der Waals surface area (Å²) in [4.78, 5) is 34.3. The molecule has 0 saturated heterocycles. The number of fused-ring (bicyclic) bond motifs is 6. The first-order chi connectivity index (χ1) is 18.4. The monoisotopic (exact) mass is 570 g/mol. The molecule has 39 heavy (non-hydrogen) atoms. The highest BCUT2D eigenvalue weighted by Gasteiger charge is 2.70. The third kappa shape index (κ3) is 3.77. The Morgan fingerprint density at radius 2 is 2.00 bits per heavy atom. The number of aliphatic hydroxyl groups is 2. The van der Waals surface area contributed by atoms with Crippen LogP contribution in [-0.4, -0.2) is 50.1 Å². The summed E-state index contributed by atoms with van der Waals surface area (Å²) in [5, 5.41) is 25.1. The number of benzene rings is 1. The summed E-state index contributed by atoms with van der Waals surface area (Å²) >= 11 is 12.5. The fourth-order valence-electron chi connectivity index (χ4n) is 8.68. The maximum atomic E-state index is 13.9. The number of carbonyl (C=O) groups excluding carboxylic acids is 2. The van der Waals surface area contributed by atoms with Gasteiger partial charge in [0.15, 0.2) is 12.4 Å². The maximum absolute atomic E-state index is 13.9. The molecule has 4 aliphatic rings. The lowest BCUT2D eigenvalue weighted by Crippen LogP contribution is -2.63. The molecule has 1 aromatic carbocycles. The molecule has 1 aromatic heterocycles. The van der Waals surface area contributed by atoms with Gasteiger partial charge in [-0.2, -0.15) is 0 Å². The molecule has 7 nitrogen and oxygen atoms in total. The van der Waals surface area contributed by atoms with Crippen LogP contribution < -0.4 is 4.74 Å². The van der Waals surface area contributed by atoms with E-state index in [4.69, 9.17) is 27.9 Å². The number of nitrogens with zero attached hydrogens (tertiary/aromatic N) is 2. The number of aromatic nitrogens is 2. The summed E-state index contributed by atoms with van der Waals surface area (Å²) in [5.41, 5.74) is -1.40. The fraction of sp³-hybridized carbons (Fsp3) is 0.533. The van der Waals surface area contributed by atoms with Crippen LogP contribution in [0.4, 0.5) is 0 Å². The van der Waals surface area contributed by atoms with Gasteiger partial charge in [-0.3, -0.25) is 9.59 Å². The van der Waals surface area contributed by atoms with Crippen molar-refractivity contribution in [1.82, 2.24) is 9.97 Å². The Morgan fingerprint density at radius 1 is 1.23 bits per heavy atom. The Bertz CT molecular complexity index is 1460. The van der Waals surface area contributed by atoms with Gasteiger partial charge in [-0.1, -0.05) is 55.6 Å². The normalized spacial score (nSPS) is 39.1. The zero-order chi connectivity index (χ0) is 27.9. The van der Waals surface area contributed by atoms with Crippen LogP contribution in [0.5, 0.6) is 5.88 Å². The number of ketones is 2. The molecule has 0 amide bonds. The molecule has 0 aliphatic heterocycles. The minimum absolute atomic E-state index is 0.00784. The summed E-state index contributed by atoms with van der Waals surface area (Å²) in [5.74, 6) is -0.536. The zero-order valence-corrected chi connectivity index (χ0v) is 23.7. The standard InChI is InChI=1S/C30H32Cl2N2O5/c1-15-8-21-19-5-4-16-9-18(35)6-7-28(16,2)25(19)23(36)12-29(21,3)30(15,38)24(37)13-39-27-20-10-17(31)11-22(32)26(20)33-14-34-27/h6-7,9-11,14-15,19,21,23,25,36,38H,4-5,8,12-13H2,1-3H3/t15-,19?,21?,23?,25?,28?,29?,30+/m1/s1. The number of Topliss-reactive ketones (excluding diaryl/α,β-unsaturated/α-hetero) is 1. The lowest BCUT2D eigenvalue weighted by Gasteiger charge is -2.59. The van der Waals surface area contributed by atoms with Crippen LogP contribution in [0.3, 0.4) is 0 Å². The maximum Gasteiger partial charge on any atom is 0.224 e. The number of allylic oxidation sites excluding steroid dienone is 4. The zero-order valence-electron chi connectivity index (χ0n) is 22.2. The smallest absolute Gasteiger partial charge is 0.224 e. The van der Waals surface area contributed by atoms with Crippen molar-refractivity contribution in [2.75, 3.05) is 6.61 Å². The number of hydrogen-bond acceptors (Lipinski definition) is 7. The Kier molecular flexibility index (Phi) is 6.27. The molecule has 2 N–H and O–H groups in total. The third-order valence-electron chi connectivity index (χ3n) is 10.5. The molecule has 2 aromatic rings. The predicted molar refractivity (Wildman–Crippen MR) is 148 cm³/mol. The molecule has 3 saturated carbocycles. The van der Waals surface area contributed by atoms with Crippen LogP contribution >= 0.6 is 23.2 Å². The topological polar surface area (TPSA) is 110 Å². The number of hydrogen-bond donors (Lipinski definition) is 2. The molecule has 9 heteroatoms. The van der Waals surface area contributed by atoms with Crippen molar-refractivity contribution < 1.29 is 24.5 Å². The summed E-state index contributed by atoms with van der Waals surface area (Å²) in [6, 6.07) is 3.20. The van der Waals surface area contributed by atoms with E-state index in [1.54, 1.807) is 24.3 Å². The van der Waals surface area contributed by atoms with E-state index in [9.17, 15) is 19.8 Å². The van der Waals surface area contributed by atoms with Crippen molar-refractivity contribution in [2.45, 2.75) is 58.2 Å². The summed E-state index contributed by atoms with van der Waals surface area (Å²) in [6.45, 7) is 5.58. The summed E-state index contributed by atoms with van der Waals surface area (Å²) < 4.78 is 5.88. The van der Waals surface area contributed by atoms with E-state index >= 15 is 0 Å². The van der Waals surface area contributed by atoms with Gasteiger partial charge in [0.1, 0.15) is 11.9 Å². The van der Waals surface area contributed by atoms with Crippen molar-refractivity contribution in [3.63, 3.8) is 0 Å². The lowest BCUT2D eigenvalue weighted by atomic mass is 9.46.